The summed E-state index contributed by atoms with van der Waals surface area (Å²) in [6.07, 6.45) is 0. The lowest BCUT2D eigenvalue weighted by atomic mass is 10.1. The minimum absolute atomic E-state index is 0.0691. The van der Waals surface area contributed by atoms with Gasteiger partial charge in [-0.05, 0) is 18.6 Å². The first-order valence-electron chi connectivity index (χ1n) is 4.89. The van der Waals surface area contributed by atoms with Crippen LogP contribution in [-0.4, -0.2) is 16.5 Å². The number of anilines is 1. The lowest BCUT2D eigenvalue weighted by molar-refractivity contribution is -0.384. The minimum atomic E-state index is -0.784. The average Bonchev–Trinajstić information content (AvgIpc) is 2.30. The summed E-state index contributed by atoms with van der Waals surface area (Å²) >= 11 is 0. The molecule has 0 aliphatic carbocycles. The van der Waals surface area contributed by atoms with E-state index in [2.05, 4.69) is 10.5 Å². The molecule has 0 saturated carbocycles. The van der Waals surface area contributed by atoms with Gasteiger partial charge in [0.15, 0.2) is 5.84 Å². The smallest absolute Gasteiger partial charge is 0.297 e. The Labute approximate surface area is 107 Å². The second-order valence-corrected chi connectivity index (χ2v) is 3.47. The highest BCUT2D eigenvalue weighted by atomic mass is 19.1. The van der Waals surface area contributed by atoms with Gasteiger partial charge in [-0.15, -0.1) is 0 Å². The molecule has 1 rings (SSSR count). The maximum atomic E-state index is 13.1. The third kappa shape index (κ3) is 3.22. The number of hydrazone groups is 1. The van der Waals surface area contributed by atoms with Crippen LogP contribution in [0.5, 0.6) is 0 Å². The van der Waals surface area contributed by atoms with Crippen LogP contribution in [0.2, 0.25) is 0 Å². The van der Waals surface area contributed by atoms with E-state index in [1.54, 1.807) is 6.07 Å². The van der Waals surface area contributed by atoms with Gasteiger partial charge in [-0.25, -0.2) is 4.39 Å². The summed E-state index contributed by atoms with van der Waals surface area (Å²) in [7, 11) is 0. The first kappa shape index (κ1) is 14.0. The Morgan fingerprint density at radius 3 is 2.79 bits per heavy atom. The molecule has 0 amide bonds. The standard InChI is InChI=1S/C10H9FN6O2/c1-5-2-6(11)3-8(17(18)19)9(5)16-15-7(4-12)10(13)14/h2-3,16H,1H3,(H3,13,14)/b15-7+. The topological polar surface area (TPSA) is 141 Å². The van der Waals surface area contributed by atoms with Crippen LogP contribution in [0.25, 0.3) is 0 Å². The number of nitriles is 1. The van der Waals surface area contributed by atoms with Crippen molar-refractivity contribution in [2.45, 2.75) is 6.92 Å². The summed E-state index contributed by atoms with van der Waals surface area (Å²) in [5.74, 6) is -1.34. The molecule has 9 heteroatoms. The number of halogens is 1. The van der Waals surface area contributed by atoms with Crippen molar-refractivity contribution in [2.75, 3.05) is 5.43 Å². The van der Waals surface area contributed by atoms with Crippen molar-refractivity contribution >= 4 is 22.9 Å². The van der Waals surface area contributed by atoms with E-state index in [9.17, 15) is 14.5 Å². The van der Waals surface area contributed by atoms with Gasteiger partial charge in [0.2, 0.25) is 5.71 Å². The number of nitrogens with zero attached hydrogens (tertiary/aromatic N) is 3. The molecule has 0 aliphatic heterocycles. The Morgan fingerprint density at radius 2 is 2.32 bits per heavy atom. The number of rotatable bonds is 4. The van der Waals surface area contributed by atoms with E-state index in [1.807, 2.05) is 0 Å². The van der Waals surface area contributed by atoms with Crippen LogP contribution in [0.15, 0.2) is 17.2 Å². The van der Waals surface area contributed by atoms with Crippen LogP contribution >= 0.6 is 0 Å². The monoisotopic (exact) mass is 264 g/mol. The van der Waals surface area contributed by atoms with Gasteiger partial charge in [0.05, 0.1) is 11.0 Å². The van der Waals surface area contributed by atoms with Gasteiger partial charge in [-0.2, -0.15) is 10.4 Å². The Kier molecular flexibility index (Phi) is 4.10. The summed E-state index contributed by atoms with van der Waals surface area (Å²) in [5, 5.41) is 29.9. The predicted octanol–water partition coefficient (Wildman–Crippen LogP) is 1.27. The summed E-state index contributed by atoms with van der Waals surface area (Å²) < 4.78 is 13.1. The van der Waals surface area contributed by atoms with E-state index in [4.69, 9.17) is 16.4 Å². The van der Waals surface area contributed by atoms with E-state index in [-0.39, 0.29) is 11.3 Å². The number of amidine groups is 1. The number of benzene rings is 1. The Hall–Kier alpha value is -3.02. The van der Waals surface area contributed by atoms with Crippen molar-refractivity contribution in [3.8, 4) is 6.07 Å². The lowest BCUT2D eigenvalue weighted by Crippen LogP contribution is -2.22. The molecule has 4 N–H and O–H groups in total. The molecule has 98 valence electrons. The first-order chi connectivity index (χ1) is 8.86. The number of nitrogens with one attached hydrogen (secondary N) is 2. The van der Waals surface area contributed by atoms with Crippen LogP contribution in [0.1, 0.15) is 5.56 Å². The molecule has 1 aromatic rings. The van der Waals surface area contributed by atoms with Gasteiger partial charge in [0, 0.05) is 0 Å². The van der Waals surface area contributed by atoms with Crippen LogP contribution in [0.3, 0.4) is 0 Å². The fraction of sp³-hybridized carbons (Fsp3) is 0.100. The predicted molar refractivity (Wildman–Crippen MR) is 66.4 cm³/mol. The van der Waals surface area contributed by atoms with E-state index >= 15 is 0 Å². The van der Waals surface area contributed by atoms with E-state index in [0.717, 1.165) is 12.1 Å². The average molecular weight is 264 g/mol. The summed E-state index contributed by atoms with van der Waals surface area (Å²) in [5.41, 5.74) is 6.53. The quantitative estimate of drug-likeness (QED) is 0.325. The zero-order chi connectivity index (χ0) is 14.6. The van der Waals surface area contributed by atoms with Crippen molar-refractivity contribution in [1.29, 1.82) is 10.7 Å². The molecule has 0 heterocycles. The normalized spacial score (nSPS) is 10.7. The Morgan fingerprint density at radius 1 is 1.68 bits per heavy atom. The highest BCUT2D eigenvalue weighted by molar-refractivity contribution is 6.45. The van der Waals surface area contributed by atoms with Crippen LogP contribution in [-0.2, 0) is 0 Å². The molecule has 1 aromatic carbocycles. The molecule has 0 atom stereocenters. The molecule has 0 aromatic heterocycles. The van der Waals surface area contributed by atoms with E-state index in [1.165, 1.54) is 6.92 Å². The molecular weight excluding hydrogens is 255 g/mol. The van der Waals surface area contributed by atoms with Gasteiger partial charge in [-0.1, -0.05) is 0 Å². The van der Waals surface area contributed by atoms with Gasteiger partial charge < -0.3 is 5.73 Å². The number of hydrogen-bond acceptors (Lipinski definition) is 6. The molecule has 0 saturated heterocycles. The molecule has 8 nitrogen and oxygen atoms in total. The first-order valence-corrected chi connectivity index (χ1v) is 4.89. The van der Waals surface area contributed by atoms with Gasteiger partial charge in [0.25, 0.3) is 5.69 Å². The van der Waals surface area contributed by atoms with Crippen LogP contribution in [0.4, 0.5) is 15.8 Å². The summed E-state index contributed by atoms with van der Waals surface area (Å²) in [6, 6.07) is 3.35. The molecule has 0 aliphatic rings. The van der Waals surface area contributed by atoms with Gasteiger partial charge in [0.1, 0.15) is 17.6 Å². The molecule has 0 unspecified atom stereocenters. The van der Waals surface area contributed by atoms with Crippen LogP contribution < -0.4 is 11.2 Å². The zero-order valence-corrected chi connectivity index (χ0v) is 9.77. The van der Waals surface area contributed by atoms with E-state index < -0.39 is 28.0 Å². The zero-order valence-electron chi connectivity index (χ0n) is 9.77. The molecular formula is C10H9FN6O2. The number of aryl methyl sites for hydroxylation is 1. The molecule has 0 radical (unpaired) electrons. The molecule has 0 fully saturated rings. The maximum Gasteiger partial charge on any atom is 0.297 e. The highest BCUT2D eigenvalue weighted by Gasteiger charge is 2.18. The highest BCUT2D eigenvalue weighted by Crippen LogP contribution is 2.29. The molecule has 0 spiro atoms. The van der Waals surface area contributed by atoms with E-state index in [0.29, 0.717) is 0 Å². The molecule has 19 heavy (non-hydrogen) atoms. The Balaban J connectivity index is 3.25. The molecule has 0 bridgehead atoms. The van der Waals surface area contributed by atoms with Crippen molar-refractivity contribution in [2.24, 2.45) is 10.8 Å². The van der Waals surface area contributed by atoms with Crippen molar-refractivity contribution in [1.82, 2.24) is 0 Å². The number of nitro groups is 1. The summed E-state index contributed by atoms with van der Waals surface area (Å²) in [6.45, 7) is 1.44. The number of nitrogens with two attached hydrogens (primary N) is 1. The summed E-state index contributed by atoms with van der Waals surface area (Å²) in [4.78, 5) is 10.0. The largest absolute Gasteiger partial charge is 0.382 e. The second-order valence-electron chi connectivity index (χ2n) is 3.47. The Bertz CT molecular complexity index is 619. The van der Waals surface area contributed by atoms with Crippen molar-refractivity contribution in [3.05, 3.63) is 33.6 Å². The van der Waals surface area contributed by atoms with Crippen molar-refractivity contribution in [3.63, 3.8) is 0 Å². The van der Waals surface area contributed by atoms with Gasteiger partial charge in [-0.3, -0.25) is 20.9 Å². The fourth-order valence-electron chi connectivity index (χ4n) is 1.27. The maximum absolute atomic E-state index is 13.1. The number of nitro benzene ring substituents is 1. The second kappa shape index (κ2) is 5.54. The minimum Gasteiger partial charge on any atom is -0.382 e. The third-order valence-corrected chi connectivity index (χ3v) is 2.12. The van der Waals surface area contributed by atoms with Crippen molar-refractivity contribution < 1.29 is 9.31 Å². The SMILES string of the molecule is Cc1cc(F)cc([N+](=O)[O-])c1N/N=C(\C#N)C(=N)N. The van der Waals surface area contributed by atoms with Gasteiger partial charge >= 0.3 is 0 Å². The lowest BCUT2D eigenvalue weighted by Gasteiger charge is -2.06. The fourth-order valence-corrected chi connectivity index (χ4v) is 1.27. The van der Waals surface area contributed by atoms with Crippen LogP contribution in [0, 0.1) is 39.6 Å². The third-order valence-electron chi connectivity index (χ3n) is 2.12. The number of hydrogen-bond donors (Lipinski definition) is 3.